The highest BCUT2D eigenvalue weighted by Crippen LogP contribution is 2.15. The van der Waals surface area contributed by atoms with Crippen molar-refractivity contribution in [2.24, 2.45) is 7.05 Å². The van der Waals surface area contributed by atoms with Crippen LogP contribution in [0, 0.1) is 16.4 Å². The minimum atomic E-state index is -0.499. The summed E-state index contributed by atoms with van der Waals surface area (Å²) in [5, 5.41) is 10.4. The van der Waals surface area contributed by atoms with Crippen molar-refractivity contribution < 1.29 is 4.92 Å². The molecule has 0 atom stereocenters. The summed E-state index contributed by atoms with van der Waals surface area (Å²) in [7, 11) is 1.73. The molecular formula is C7H5N4O2. The lowest BCUT2D eigenvalue weighted by atomic mass is 10.4. The van der Waals surface area contributed by atoms with Crippen LogP contribution in [0.15, 0.2) is 12.3 Å². The summed E-state index contributed by atoms with van der Waals surface area (Å²) in [5.74, 6) is 0. The third kappa shape index (κ3) is 1.12. The number of aromatic nitrogens is 3. The lowest BCUT2D eigenvalue weighted by molar-refractivity contribution is -0.385. The van der Waals surface area contributed by atoms with E-state index in [1.54, 1.807) is 11.6 Å². The Hall–Kier alpha value is -1.98. The predicted octanol–water partition coefficient (Wildman–Crippen LogP) is 0.677. The highest BCUT2D eigenvalue weighted by atomic mass is 16.6. The monoisotopic (exact) mass is 177 g/mol. The van der Waals surface area contributed by atoms with Crippen LogP contribution in [0.1, 0.15) is 0 Å². The number of fused-ring (bicyclic) bond motifs is 1. The van der Waals surface area contributed by atoms with Crippen molar-refractivity contribution in [2.75, 3.05) is 0 Å². The zero-order valence-corrected chi connectivity index (χ0v) is 6.76. The van der Waals surface area contributed by atoms with Crippen LogP contribution in [0.4, 0.5) is 5.69 Å². The molecule has 0 aliphatic carbocycles. The second kappa shape index (κ2) is 2.51. The summed E-state index contributed by atoms with van der Waals surface area (Å²) in [4.78, 5) is 17.6. The summed E-state index contributed by atoms with van der Waals surface area (Å²) in [5.41, 5.74) is 1.02. The molecular weight excluding hydrogens is 172 g/mol. The SMILES string of the molecule is Cn1[c]nc2cc([N+](=O)[O-])cnc21. The van der Waals surface area contributed by atoms with Gasteiger partial charge in [0, 0.05) is 13.1 Å². The van der Waals surface area contributed by atoms with Gasteiger partial charge in [0.25, 0.3) is 5.69 Å². The van der Waals surface area contributed by atoms with Gasteiger partial charge in [-0.25, -0.2) is 9.97 Å². The molecule has 0 bridgehead atoms. The van der Waals surface area contributed by atoms with Gasteiger partial charge in [-0.1, -0.05) is 0 Å². The smallest absolute Gasteiger partial charge is 0.289 e. The molecule has 13 heavy (non-hydrogen) atoms. The second-order valence-electron chi connectivity index (χ2n) is 2.56. The van der Waals surface area contributed by atoms with Crippen LogP contribution in [0.5, 0.6) is 0 Å². The summed E-state index contributed by atoms with van der Waals surface area (Å²) < 4.78 is 1.58. The quantitative estimate of drug-likeness (QED) is 0.474. The normalized spacial score (nSPS) is 10.5. The van der Waals surface area contributed by atoms with E-state index in [1.165, 1.54) is 12.3 Å². The fraction of sp³-hybridized carbons (Fsp3) is 0.143. The van der Waals surface area contributed by atoms with Crippen LogP contribution in [-0.2, 0) is 7.05 Å². The van der Waals surface area contributed by atoms with Crippen LogP contribution < -0.4 is 0 Å². The van der Waals surface area contributed by atoms with Gasteiger partial charge in [-0.2, -0.15) is 0 Å². The molecule has 0 saturated carbocycles. The van der Waals surface area contributed by atoms with Crippen LogP contribution in [-0.4, -0.2) is 19.5 Å². The van der Waals surface area contributed by atoms with Gasteiger partial charge in [-0.15, -0.1) is 0 Å². The molecule has 0 aliphatic heterocycles. The Balaban J connectivity index is 2.70. The van der Waals surface area contributed by atoms with E-state index in [0.29, 0.717) is 11.2 Å². The third-order valence-electron chi connectivity index (χ3n) is 1.68. The molecule has 6 nitrogen and oxygen atoms in total. The summed E-state index contributed by atoms with van der Waals surface area (Å²) >= 11 is 0. The van der Waals surface area contributed by atoms with E-state index >= 15 is 0 Å². The first kappa shape index (κ1) is 7.66. The number of hydrogen-bond donors (Lipinski definition) is 0. The summed E-state index contributed by atoms with van der Waals surface area (Å²) in [6, 6.07) is 1.37. The topological polar surface area (TPSA) is 73.8 Å². The Morgan fingerprint density at radius 2 is 2.46 bits per heavy atom. The van der Waals surface area contributed by atoms with Gasteiger partial charge >= 0.3 is 0 Å². The molecule has 2 aromatic rings. The van der Waals surface area contributed by atoms with Crippen LogP contribution in [0.25, 0.3) is 11.2 Å². The fourth-order valence-electron chi connectivity index (χ4n) is 1.05. The molecule has 1 radical (unpaired) electrons. The van der Waals surface area contributed by atoms with Crippen LogP contribution in [0.3, 0.4) is 0 Å². The van der Waals surface area contributed by atoms with E-state index in [-0.39, 0.29) is 5.69 Å². The Kier molecular flexibility index (Phi) is 1.48. The first-order valence-corrected chi connectivity index (χ1v) is 3.53. The van der Waals surface area contributed by atoms with Crippen LogP contribution >= 0.6 is 0 Å². The molecule has 0 fully saturated rings. The number of hydrogen-bond acceptors (Lipinski definition) is 4. The highest BCUT2D eigenvalue weighted by Gasteiger charge is 2.09. The van der Waals surface area contributed by atoms with Crippen molar-refractivity contribution in [3.05, 3.63) is 28.7 Å². The predicted molar refractivity (Wildman–Crippen MR) is 44.0 cm³/mol. The van der Waals surface area contributed by atoms with Gasteiger partial charge in [0.1, 0.15) is 11.7 Å². The van der Waals surface area contributed by atoms with E-state index < -0.39 is 4.92 Å². The molecule has 2 heterocycles. The number of rotatable bonds is 1. The molecule has 0 spiro atoms. The van der Waals surface area contributed by atoms with Gasteiger partial charge in [0.15, 0.2) is 12.0 Å². The van der Waals surface area contributed by atoms with Crippen molar-refractivity contribution in [1.29, 1.82) is 0 Å². The maximum absolute atomic E-state index is 10.4. The zero-order valence-electron chi connectivity index (χ0n) is 6.76. The highest BCUT2D eigenvalue weighted by molar-refractivity contribution is 5.72. The van der Waals surface area contributed by atoms with Gasteiger partial charge in [-0.3, -0.25) is 10.1 Å². The molecule has 0 aliphatic rings. The van der Waals surface area contributed by atoms with E-state index in [9.17, 15) is 10.1 Å². The fourth-order valence-corrected chi connectivity index (χ4v) is 1.05. The number of nitrogens with zero attached hydrogens (tertiary/aromatic N) is 4. The third-order valence-corrected chi connectivity index (χ3v) is 1.68. The summed E-state index contributed by atoms with van der Waals surface area (Å²) in [6.07, 6.45) is 3.83. The molecule has 65 valence electrons. The average molecular weight is 177 g/mol. The van der Waals surface area contributed by atoms with Crippen molar-refractivity contribution in [3.8, 4) is 0 Å². The lowest BCUT2D eigenvalue weighted by Gasteiger charge is -1.92. The zero-order chi connectivity index (χ0) is 9.42. The van der Waals surface area contributed by atoms with E-state index in [4.69, 9.17) is 0 Å². The standard InChI is InChI=1S/C7H5N4O2/c1-10-4-9-6-2-5(11(12)13)3-8-7(6)10/h2-3H,1H3. The Morgan fingerprint density at radius 1 is 1.69 bits per heavy atom. The van der Waals surface area contributed by atoms with Crippen molar-refractivity contribution in [3.63, 3.8) is 0 Å². The van der Waals surface area contributed by atoms with E-state index in [0.717, 1.165) is 0 Å². The Bertz CT molecular complexity index is 476. The van der Waals surface area contributed by atoms with Crippen molar-refractivity contribution in [1.82, 2.24) is 14.5 Å². The molecule has 0 unspecified atom stereocenters. The van der Waals surface area contributed by atoms with Gasteiger partial charge in [0.2, 0.25) is 0 Å². The van der Waals surface area contributed by atoms with Crippen molar-refractivity contribution >= 4 is 16.9 Å². The molecule has 0 saturated heterocycles. The van der Waals surface area contributed by atoms with E-state index in [2.05, 4.69) is 16.3 Å². The van der Waals surface area contributed by atoms with E-state index in [1.807, 2.05) is 0 Å². The Labute approximate surface area is 73.0 Å². The minimum absolute atomic E-state index is 0.0559. The molecule has 2 rings (SSSR count). The lowest BCUT2D eigenvalue weighted by Crippen LogP contribution is -1.91. The molecule has 2 aromatic heterocycles. The van der Waals surface area contributed by atoms with Crippen LogP contribution in [0.2, 0.25) is 0 Å². The van der Waals surface area contributed by atoms with Gasteiger partial charge in [-0.05, 0) is 0 Å². The summed E-state index contributed by atoms with van der Waals surface area (Å²) in [6.45, 7) is 0. The van der Waals surface area contributed by atoms with Gasteiger partial charge < -0.3 is 4.57 Å². The minimum Gasteiger partial charge on any atom is -0.309 e. The average Bonchev–Trinajstić information content (AvgIpc) is 2.47. The van der Waals surface area contributed by atoms with Gasteiger partial charge in [0.05, 0.1) is 4.92 Å². The first-order valence-electron chi connectivity index (χ1n) is 3.53. The number of pyridine rings is 1. The maximum atomic E-state index is 10.4. The molecule has 0 aromatic carbocycles. The maximum Gasteiger partial charge on any atom is 0.289 e. The number of nitro groups is 1. The molecule has 6 heteroatoms. The number of aryl methyl sites for hydroxylation is 1. The largest absolute Gasteiger partial charge is 0.309 e. The first-order chi connectivity index (χ1) is 6.18. The molecule has 0 N–H and O–H groups in total. The Morgan fingerprint density at radius 3 is 3.15 bits per heavy atom. The van der Waals surface area contributed by atoms with Crippen molar-refractivity contribution in [2.45, 2.75) is 0 Å². The number of imidazole rings is 1. The molecule has 0 amide bonds. The second-order valence-corrected chi connectivity index (χ2v) is 2.56.